The smallest absolute Gasteiger partial charge is 0.0797 e. The number of aromatic nitrogens is 2. The van der Waals surface area contributed by atoms with E-state index in [-0.39, 0.29) is 6.04 Å². The van der Waals surface area contributed by atoms with Crippen molar-refractivity contribution >= 4 is 0 Å². The molecular formula is C15H21N3. The second kappa shape index (κ2) is 5.83. The fourth-order valence-electron chi connectivity index (χ4n) is 2.12. The lowest BCUT2D eigenvalue weighted by Gasteiger charge is -2.19. The Morgan fingerprint density at radius 2 is 1.94 bits per heavy atom. The highest BCUT2D eigenvalue weighted by molar-refractivity contribution is 5.20. The lowest BCUT2D eigenvalue weighted by molar-refractivity contribution is 0.465. The first kappa shape index (κ1) is 12.8. The molecule has 0 aliphatic heterocycles. The molecule has 0 spiro atoms. The Labute approximate surface area is 109 Å². The third kappa shape index (κ3) is 3.44. The Hall–Kier alpha value is -1.61. The van der Waals surface area contributed by atoms with Gasteiger partial charge in [-0.2, -0.15) is 5.10 Å². The summed E-state index contributed by atoms with van der Waals surface area (Å²) in [5.74, 6) is 0. The van der Waals surface area contributed by atoms with Gasteiger partial charge >= 0.3 is 0 Å². The van der Waals surface area contributed by atoms with Gasteiger partial charge in [0.1, 0.15) is 0 Å². The van der Waals surface area contributed by atoms with Crippen LogP contribution in [0.25, 0.3) is 0 Å². The van der Waals surface area contributed by atoms with Crippen LogP contribution in [0.1, 0.15) is 36.8 Å². The van der Waals surface area contributed by atoms with E-state index in [9.17, 15) is 0 Å². The minimum atomic E-state index is 0.261. The Balaban J connectivity index is 2.15. The van der Waals surface area contributed by atoms with Crippen LogP contribution in [0.3, 0.4) is 0 Å². The number of rotatable bonds is 5. The number of nitrogens with zero attached hydrogens (tertiary/aromatic N) is 1. The molecule has 2 N–H and O–H groups in total. The second-order valence-corrected chi connectivity index (χ2v) is 5.04. The summed E-state index contributed by atoms with van der Waals surface area (Å²) in [6, 6.07) is 13.3. The average molecular weight is 243 g/mol. The van der Waals surface area contributed by atoms with Gasteiger partial charge in [-0.3, -0.25) is 5.10 Å². The molecular weight excluding hydrogens is 222 g/mol. The first-order chi connectivity index (χ1) is 8.65. The zero-order valence-corrected chi connectivity index (χ0v) is 11.3. The van der Waals surface area contributed by atoms with Gasteiger partial charge in [0.25, 0.3) is 0 Å². The molecule has 0 radical (unpaired) electrons. The van der Waals surface area contributed by atoms with E-state index in [0.717, 1.165) is 17.8 Å². The Morgan fingerprint density at radius 3 is 2.50 bits per heavy atom. The monoisotopic (exact) mass is 243 g/mol. The third-order valence-electron chi connectivity index (χ3n) is 2.90. The van der Waals surface area contributed by atoms with Crippen LogP contribution in [0.5, 0.6) is 0 Å². The van der Waals surface area contributed by atoms with Gasteiger partial charge in [0.05, 0.1) is 11.7 Å². The van der Waals surface area contributed by atoms with Crippen molar-refractivity contribution in [3.8, 4) is 0 Å². The molecule has 2 aromatic rings. The summed E-state index contributed by atoms with van der Waals surface area (Å²) in [5.41, 5.74) is 3.52. The van der Waals surface area contributed by atoms with Gasteiger partial charge in [0.15, 0.2) is 0 Å². The highest BCUT2D eigenvalue weighted by atomic mass is 15.1. The molecule has 0 aliphatic carbocycles. The van der Waals surface area contributed by atoms with Crippen molar-refractivity contribution in [2.45, 2.75) is 39.3 Å². The van der Waals surface area contributed by atoms with Crippen molar-refractivity contribution in [3.63, 3.8) is 0 Å². The molecule has 1 aromatic carbocycles. The fourth-order valence-corrected chi connectivity index (χ4v) is 2.12. The van der Waals surface area contributed by atoms with Crippen molar-refractivity contribution in [2.75, 3.05) is 0 Å². The number of benzene rings is 1. The predicted octanol–water partition coefficient (Wildman–Crippen LogP) is 3.00. The van der Waals surface area contributed by atoms with E-state index in [4.69, 9.17) is 0 Å². The van der Waals surface area contributed by atoms with Gasteiger partial charge in [-0.15, -0.1) is 0 Å². The van der Waals surface area contributed by atoms with E-state index in [1.54, 1.807) is 0 Å². The molecule has 0 unspecified atom stereocenters. The molecule has 18 heavy (non-hydrogen) atoms. The molecule has 3 nitrogen and oxygen atoms in total. The standard InChI is InChI=1S/C15H21N3/c1-11(2)16-14(15-9-12(3)17-18-15)10-13-7-5-4-6-8-13/h4-9,11,14,16H,10H2,1-3H3,(H,17,18)/t14-/m0/s1. The number of nitrogens with one attached hydrogen (secondary N) is 2. The van der Waals surface area contributed by atoms with Gasteiger partial charge in [-0.05, 0) is 25.0 Å². The first-order valence-electron chi connectivity index (χ1n) is 6.47. The quantitative estimate of drug-likeness (QED) is 0.847. The van der Waals surface area contributed by atoms with E-state index >= 15 is 0 Å². The van der Waals surface area contributed by atoms with E-state index in [0.29, 0.717) is 6.04 Å². The van der Waals surface area contributed by atoms with Crippen LogP contribution in [-0.4, -0.2) is 16.2 Å². The van der Waals surface area contributed by atoms with Gasteiger partial charge in [0.2, 0.25) is 0 Å². The summed E-state index contributed by atoms with van der Waals surface area (Å²) in [6.45, 7) is 6.36. The number of aryl methyl sites for hydroxylation is 1. The largest absolute Gasteiger partial charge is 0.306 e. The number of hydrogen-bond acceptors (Lipinski definition) is 2. The van der Waals surface area contributed by atoms with Crippen LogP contribution < -0.4 is 5.32 Å². The molecule has 0 saturated carbocycles. The first-order valence-corrected chi connectivity index (χ1v) is 6.47. The summed E-state index contributed by atoms with van der Waals surface area (Å²) in [5, 5.41) is 11.0. The molecule has 1 heterocycles. The molecule has 0 amide bonds. The molecule has 3 heteroatoms. The Kier molecular flexibility index (Phi) is 4.15. The van der Waals surface area contributed by atoms with Gasteiger partial charge < -0.3 is 5.32 Å². The summed E-state index contributed by atoms with van der Waals surface area (Å²) in [6.07, 6.45) is 0.962. The molecule has 2 rings (SSSR count). The van der Waals surface area contributed by atoms with E-state index in [1.807, 2.05) is 13.0 Å². The van der Waals surface area contributed by atoms with Crippen molar-refractivity contribution < 1.29 is 0 Å². The van der Waals surface area contributed by atoms with Crippen molar-refractivity contribution in [2.24, 2.45) is 0 Å². The minimum absolute atomic E-state index is 0.261. The fraction of sp³-hybridized carbons (Fsp3) is 0.400. The van der Waals surface area contributed by atoms with E-state index < -0.39 is 0 Å². The van der Waals surface area contributed by atoms with Crippen LogP contribution >= 0.6 is 0 Å². The van der Waals surface area contributed by atoms with Gasteiger partial charge in [-0.25, -0.2) is 0 Å². The number of hydrogen-bond donors (Lipinski definition) is 2. The minimum Gasteiger partial charge on any atom is -0.306 e. The van der Waals surface area contributed by atoms with Crippen molar-refractivity contribution in [1.82, 2.24) is 15.5 Å². The van der Waals surface area contributed by atoms with Crippen LogP contribution in [-0.2, 0) is 6.42 Å². The van der Waals surface area contributed by atoms with Crippen LogP contribution in [0.2, 0.25) is 0 Å². The van der Waals surface area contributed by atoms with Crippen LogP contribution in [0.4, 0.5) is 0 Å². The van der Waals surface area contributed by atoms with Crippen LogP contribution in [0.15, 0.2) is 36.4 Å². The highest BCUT2D eigenvalue weighted by Crippen LogP contribution is 2.18. The SMILES string of the molecule is Cc1cc([C@H](Cc2ccccc2)NC(C)C)n[nH]1. The van der Waals surface area contributed by atoms with Crippen LogP contribution in [0, 0.1) is 6.92 Å². The molecule has 0 saturated heterocycles. The highest BCUT2D eigenvalue weighted by Gasteiger charge is 2.15. The normalized spacial score (nSPS) is 12.9. The molecule has 1 aromatic heterocycles. The van der Waals surface area contributed by atoms with E-state index in [1.165, 1.54) is 5.56 Å². The lowest BCUT2D eigenvalue weighted by Crippen LogP contribution is -2.29. The summed E-state index contributed by atoms with van der Waals surface area (Å²) in [4.78, 5) is 0. The molecule has 0 fully saturated rings. The molecule has 1 atom stereocenters. The Morgan fingerprint density at radius 1 is 1.22 bits per heavy atom. The average Bonchev–Trinajstić information content (AvgIpc) is 2.76. The maximum absolute atomic E-state index is 4.38. The maximum atomic E-state index is 4.38. The molecule has 0 bridgehead atoms. The molecule has 96 valence electrons. The summed E-state index contributed by atoms with van der Waals surface area (Å²) < 4.78 is 0. The van der Waals surface area contributed by atoms with Gasteiger partial charge in [-0.1, -0.05) is 44.2 Å². The second-order valence-electron chi connectivity index (χ2n) is 5.04. The zero-order chi connectivity index (χ0) is 13.0. The van der Waals surface area contributed by atoms with E-state index in [2.05, 4.69) is 59.7 Å². The third-order valence-corrected chi connectivity index (χ3v) is 2.90. The van der Waals surface area contributed by atoms with Crippen molar-refractivity contribution in [1.29, 1.82) is 0 Å². The van der Waals surface area contributed by atoms with Crippen molar-refractivity contribution in [3.05, 3.63) is 53.3 Å². The Bertz CT molecular complexity index is 473. The maximum Gasteiger partial charge on any atom is 0.0797 e. The predicted molar refractivity (Wildman–Crippen MR) is 74.5 cm³/mol. The zero-order valence-electron chi connectivity index (χ0n) is 11.3. The number of H-pyrrole nitrogens is 1. The summed E-state index contributed by atoms with van der Waals surface area (Å²) >= 11 is 0. The number of aromatic amines is 1. The van der Waals surface area contributed by atoms with Gasteiger partial charge in [0, 0.05) is 11.7 Å². The summed E-state index contributed by atoms with van der Waals surface area (Å²) in [7, 11) is 0. The molecule has 0 aliphatic rings. The lowest BCUT2D eigenvalue weighted by atomic mass is 10.0. The topological polar surface area (TPSA) is 40.7 Å².